The Morgan fingerprint density at radius 2 is 1.40 bits per heavy atom. The van der Waals surface area contributed by atoms with Crippen LogP contribution < -0.4 is 0 Å². The van der Waals surface area contributed by atoms with Crippen molar-refractivity contribution in [1.29, 1.82) is 2.86 Å². The third-order valence-electron chi connectivity index (χ3n) is 0. The molecule has 0 aliphatic rings. The van der Waals surface area contributed by atoms with Crippen molar-refractivity contribution in [2.75, 3.05) is 0 Å². The van der Waals surface area contributed by atoms with E-state index in [1.54, 1.807) is 0 Å². The molecule has 40 valence electrons. The first kappa shape index (κ1) is 3.86. The summed E-state index contributed by atoms with van der Waals surface area (Å²) < 4.78 is 19.3. The van der Waals surface area contributed by atoms with Gasteiger partial charge in [0.25, 0.3) is 0 Å². The van der Waals surface area contributed by atoms with Gasteiger partial charge in [-0.2, -0.15) is 0 Å². The zero-order chi connectivity index (χ0) is 6.41. The van der Waals surface area contributed by atoms with E-state index in [1.807, 2.05) is 0 Å². The molecule has 0 rings (SSSR count). The molecule has 0 saturated heterocycles. The van der Waals surface area contributed by atoms with Gasteiger partial charge in [0.05, 0.1) is 0 Å². The van der Waals surface area contributed by atoms with Crippen LogP contribution in [0.15, 0.2) is 0 Å². The molecule has 0 fully saturated rings. The quantitative estimate of drug-likeness (QED) is 0.543. The smallest absolute Gasteiger partial charge is 0 e. The van der Waals surface area contributed by atoms with Gasteiger partial charge in [0.15, 0.2) is 0 Å². The minimum atomic E-state index is -5.58. The molecule has 0 spiro atoms. The van der Waals surface area contributed by atoms with Crippen LogP contribution in [-0.4, -0.2) is 2.86 Å². The van der Waals surface area contributed by atoms with Crippen LogP contribution in [0.1, 0.15) is 0 Å². The molecule has 0 radical (unpaired) electrons. The molecule has 0 aromatic heterocycles. The Bertz CT molecular complexity index is 71.1. The van der Waals surface area contributed by atoms with Crippen molar-refractivity contribution in [3.63, 3.8) is 0 Å². The van der Waals surface area contributed by atoms with Crippen molar-refractivity contribution in [2.45, 2.75) is 0 Å². The summed E-state index contributed by atoms with van der Waals surface area (Å²) in [5, 5.41) is 0. The average molecular weight is 224 g/mol. The molecular formula is H3Cl3Fe2. The van der Waals surface area contributed by atoms with Crippen LogP contribution in [0.25, 0.3) is 0 Å². The van der Waals surface area contributed by atoms with Crippen LogP contribution in [0.4, 0.5) is 0 Å². The van der Waals surface area contributed by atoms with Gasteiger partial charge in [0, 0.05) is 17.1 Å². The molecule has 0 saturated carbocycles. The molecule has 0 aromatic carbocycles. The Kier molecular flexibility index (Phi) is 4.56. The summed E-state index contributed by atoms with van der Waals surface area (Å²) in [5.74, 6) is 0. The Hall–Kier alpha value is 1.91. The third-order valence-corrected chi connectivity index (χ3v) is 0. The average Bonchev–Trinajstić information content (AvgIpc) is 0.592. The van der Waals surface area contributed by atoms with Gasteiger partial charge in [0.1, 0.15) is 0 Å². The number of halogens is 3. The maximum absolute atomic E-state index is 6.42. The summed E-state index contributed by atoms with van der Waals surface area (Å²) in [5.41, 5.74) is 0. The molecule has 0 N–H and O–H groups in total. The largest absolute Gasteiger partial charge is 0 e. The van der Waals surface area contributed by atoms with Gasteiger partial charge in [-0.05, 0) is 0 Å². The first-order valence-corrected chi connectivity index (χ1v) is 4.96. The molecule has 5 heteroatoms. The summed E-state index contributed by atoms with van der Waals surface area (Å²) in [6.07, 6.45) is 0. The summed E-state index contributed by atoms with van der Waals surface area (Å²) in [4.78, 5) is 0. The SMILES string of the molecule is [2H][Fe]([2H])([2H])([Cl])([Cl])[Cl].[Fe]. The fourth-order valence-electron chi connectivity index (χ4n) is 0. The van der Waals surface area contributed by atoms with E-state index < -0.39 is 10.8 Å². The second-order valence-corrected chi connectivity index (χ2v) is 5.62. The second kappa shape index (κ2) is 5.91. The van der Waals surface area contributed by atoms with Crippen molar-refractivity contribution < 1.29 is 27.8 Å². The molecule has 0 unspecified atom stereocenters. The number of hydrogen-bond donors (Lipinski definition) is 0. The standard InChI is InChI=1S/3ClH.2Fe.3H/h3*1H;;;;;/q;;;;+3;;;/p-3/i;;;;;3*1+1. The fourth-order valence-corrected chi connectivity index (χ4v) is 0. The summed E-state index contributed by atoms with van der Waals surface area (Å²) in [6, 6.07) is 0. The summed E-state index contributed by atoms with van der Waals surface area (Å²) >= 11 is 0. The van der Waals surface area contributed by atoms with Crippen molar-refractivity contribution in [3.05, 3.63) is 0 Å². The van der Waals surface area contributed by atoms with Gasteiger partial charge in [-0.15, -0.1) is 0 Å². The van der Waals surface area contributed by atoms with Crippen molar-refractivity contribution in [1.82, 2.24) is 0 Å². The minimum absolute atomic E-state index is 0. The Balaban J connectivity index is 0. The molecule has 0 aromatic rings. The molecule has 0 nitrogen and oxygen atoms in total. The predicted octanol–water partition coefficient (Wildman–Crippen LogP) is 1.26. The van der Waals surface area contributed by atoms with E-state index in [9.17, 15) is 0 Å². The maximum Gasteiger partial charge on any atom is 0 e. The monoisotopic (exact) mass is 223 g/mol. The van der Waals surface area contributed by atoms with Crippen LogP contribution in [-0.2, 0) is 27.8 Å². The van der Waals surface area contributed by atoms with E-state index in [4.69, 9.17) is 33.2 Å². The van der Waals surface area contributed by atoms with Crippen LogP contribution in [0.5, 0.6) is 0 Å². The molecule has 0 aliphatic carbocycles. The maximum atomic E-state index is 6.42. The predicted molar refractivity (Wildman–Crippen MR) is 21.7 cm³/mol. The van der Waals surface area contributed by atoms with Crippen LogP contribution in [0.2, 0.25) is 0 Å². The molecule has 0 bridgehead atoms. The van der Waals surface area contributed by atoms with Gasteiger partial charge in [-0.3, -0.25) is 0 Å². The Labute approximate surface area is 60.8 Å². The molecule has 0 aliphatic heterocycles. The molecule has 0 heterocycles. The zero-order valence-electron chi connectivity index (χ0n) is 4.84. The first-order valence-electron chi connectivity index (χ1n) is 1.46. The molecule has 5 heavy (non-hydrogen) atoms. The van der Waals surface area contributed by atoms with E-state index in [0.717, 1.165) is 0 Å². The van der Waals surface area contributed by atoms with Crippen LogP contribution in [0, 0.1) is 0 Å². The fraction of sp³-hybridized carbons (Fsp3) is 0. The van der Waals surface area contributed by atoms with Gasteiger partial charge >= 0.3 is 43.9 Å². The van der Waals surface area contributed by atoms with E-state index >= 15 is 0 Å². The van der Waals surface area contributed by atoms with E-state index in [1.165, 1.54) is 0 Å². The normalized spacial score (nSPS) is 33.0. The molecular weight excluding hydrogens is 218 g/mol. The van der Waals surface area contributed by atoms with Crippen LogP contribution in [0.3, 0.4) is 0 Å². The Morgan fingerprint density at radius 1 is 1.40 bits per heavy atom. The van der Waals surface area contributed by atoms with Crippen molar-refractivity contribution in [3.8, 4) is 0 Å². The third kappa shape index (κ3) is 24.8. The van der Waals surface area contributed by atoms with Gasteiger partial charge in [0.2, 0.25) is 0 Å². The molecule has 0 atom stereocenters. The van der Waals surface area contributed by atoms with Gasteiger partial charge < -0.3 is 0 Å². The zero-order valence-corrected chi connectivity index (χ0v) is 6.32. The van der Waals surface area contributed by atoms with E-state index in [-0.39, 0.29) is 17.1 Å². The van der Waals surface area contributed by atoms with E-state index in [0.29, 0.717) is 0 Å². The number of hydrogen-bond acceptors (Lipinski definition) is 0. The van der Waals surface area contributed by atoms with Gasteiger partial charge in [-0.25, -0.2) is 0 Å². The van der Waals surface area contributed by atoms with Crippen molar-refractivity contribution in [2.24, 2.45) is 0 Å². The van der Waals surface area contributed by atoms with Gasteiger partial charge in [-0.1, -0.05) is 0 Å². The first-order chi connectivity index (χ1) is 2.45. The van der Waals surface area contributed by atoms with Crippen molar-refractivity contribution >= 4 is 30.3 Å². The van der Waals surface area contributed by atoms with Crippen LogP contribution >= 0.6 is 30.3 Å². The summed E-state index contributed by atoms with van der Waals surface area (Å²) in [6.45, 7) is 0. The number of rotatable bonds is 0. The summed E-state index contributed by atoms with van der Waals surface area (Å²) in [7, 11) is 8.57. The minimum Gasteiger partial charge on any atom is 0 e. The topological polar surface area (TPSA) is 0 Å². The molecule has 0 amide bonds. The Morgan fingerprint density at radius 3 is 1.40 bits per heavy atom. The second-order valence-electron chi connectivity index (χ2n) is 0.152. The van der Waals surface area contributed by atoms with E-state index in [2.05, 4.69) is 0 Å².